The summed E-state index contributed by atoms with van der Waals surface area (Å²) in [6.45, 7) is 0. The largest absolute Gasteiger partial charge is 0.331 e. The molecule has 4 rings (SSSR count). The van der Waals surface area contributed by atoms with Crippen molar-refractivity contribution >= 4 is 49.1 Å². The van der Waals surface area contributed by atoms with Crippen LogP contribution >= 0.6 is 27.3 Å². The molecule has 0 unspecified atom stereocenters. The molecule has 0 saturated heterocycles. The summed E-state index contributed by atoms with van der Waals surface area (Å²) in [5.74, 6) is 0.523. The number of hydrogen-bond donors (Lipinski definition) is 1. The van der Waals surface area contributed by atoms with Crippen LogP contribution in [-0.4, -0.2) is 25.2 Å². The number of carbonyl (C=O) groups is 1. The van der Waals surface area contributed by atoms with Crippen LogP contribution in [0, 0.1) is 0 Å². The summed E-state index contributed by atoms with van der Waals surface area (Å²) in [5.41, 5.74) is 1.26. The van der Waals surface area contributed by atoms with E-state index in [-0.39, 0.29) is 5.91 Å². The molecule has 0 fully saturated rings. The average molecular weight is 402 g/mol. The highest BCUT2D eigenvalue weighted by Crippen LogP contribution is 2.24. The van der Waals surface area contributed by atoms with Crippen molar-refractivity contribution in [3.8, 4) is 5.82 Å². The Hall–Kier alpha value is -2.45. The minimum atomic E-state index is -0.155. The molecule has 1 N–H and O–H groups in total. The minimum absolute atomic E-state index is 0.155. The van der Waals surface area contributed by atoms with Crippen molar-refractivity contribution in [3.05, 3.63) is 58.4 Å². The van der Waals surface area contributed by atoms with Crippen LogP contribution in [0.2, 0.25) is 0 Å². The number of nitrogens with one attached hydrogen (secondary N) is 1. The second kappa shape index (κ2) is 5.88. The number of fused-ring (bicyclic) bond motifs is 1. The van der Waals surface area contributed by atoms with E-state index in [0.29, 0.717) is 17.2 Å². The van der Waals surface area contributed by atoms with E-state index in [2.05, 4.69) is 31.3 Å². The number of rotatable bonds is 3. The molecule has 4 aromatic heterocycles. The third-order valence-electron chi connectivity index (χ3n) is 3.66. The molecule has 0 saturated carbocycles. The molecular weight excluding hydrogens is 390 g/mol. The van der Waals surface area contributed by atoms with Gasteiger partial charge in [0.05, 0.1) is 22.6 Å². The van der Waals surface area contributed by atoms with Crippen LogP contribution < -0.4 is 5.32 Å². The van der Waals surface area contributed by atoms with Crippen LogP contribution in [0.3, 0.4) is 0 Å². The van der Waals surface area contributed by atoms with Crippen molar-refractivity contribution in [1.82, 2.24) is 19.3 Å². The quantitative estimate of drug-likeness (QED) is 0.567. The first-order valence-electron chi connectivity index (χ1n) is 7.13. The molecule has 0 bridgehead atoms. The molecule has 0 radical (unpaired) electrons. The van der Waals surface area contributed by atoms with Gasteiger partial charge in [0.2, 0.25) is 0 Å². The Kier molecular flexibility index (Phi) is 3.70. The number of aryl methyl sites for hydroxylation is 1. The molecule has 0 atom stereocenters. The van der Waals surface area contributed by atoms with Crippen molar-refractivity contribution in [2.45, 2.75) is 0 Å². The van der Waals surface area contributed by atoms with E-state index in [9.17, 15) is 4.79 Å². The SMILES string of the molecule is Cn1c(C(=O)Nc2ccc(-n3cc(Br)cn3)nc2)cc2ccsc21. The Morgan fingerprint density at radius 1 is 1.29 bits per heavy atom. The summed E-state index contributed by atoms with van der Waals surface area (Å²) in [6, 6.07) is 7.51. The first-order valence-corrected chi connectivity index (χ1v) is 8.80. The monoisotopic (exact) mass is 401 g/mol. The lowest BCUT2D eigenvalue weighted by Crippen LogP contribution is -2.15. The molecule has 0 aliphatic rings. The molecule has 120 valence electrons. The van der Waals surface area contributed by atoms with Crippen molar-refractivity contribution in [2.24, 2.45) is 7.05 Å². The number of amides is 1. The Morgan fingerprint density at radius 3 is 2.83 bits per heavy atom. The normalized spacial score (nSPS) is 11.1. The van der Waals surface area contributed by atoms with Gasteiger partial charge in [-0.25, -0.2) is 9.67 Å². The predicted octanol–water partition coefficient (Wildman–Crippen LogP) is 3.84. The molecular formula is C16H12BrN5OS. The number of anilines is 1. The van der Waals surface area contributed by atoms with Crippen LogP contribution in [0.15, 0.2) is 52.7 Å². The zero-order valence-electron chi connectivity index (χ0n) is 12.6. The van der Waals surface area contributed by atoms with Gasteiger partial charge in [-0.15, -0.1) is 11.3 Å². The molecule has 24 heavy (non-hydrogen) atoms. The van der Waals surface area contributed by atoms with Gasteiger partial charge in [0.15, 0.2) is 5.82 Å². The summed E-state index contributed by atoms with van der Waals surface area (Å²) in [5, 5.41) is 10.1. The lowest BCUT2D eigenvalue weighted by molar-refractivity contribution is 0.102. The van der Waals surface area contributed by atoms with Crippen LogP contribution in [0.5, 0.6) is 0 Å². The van der Waals surface area contributed by atoms with E-state index < -0.39 is 0 Å². The zero-order chi connectivity index (χ0) is 16.7. The number of halogens is 1. The number of aromatic nitrogens is 4. The summed E-state index contributed by atoms with van der Waals surface area (Å²) in [4.78, 5) is 17.9. The second-order valence-electron chi connectivity index (χ2n) is 5.23. The molecule has 6 nitrogen and oxygen atoms in total. The number of hydrogen-bond acceptors (Lipinski definition) is 4. The number of pyridine rings is 1. The van der Waals surface area contributed by atoms with E-state index in [4.69, 9.17) is 0 Å². The van der Waals surface area contributed by atoms with Crippen LogP contribution in [0.4, 0.5) is 5.69 Å². The fourth-order valence-electron chi connectivity index (χ4n) is 2.48. The maximum Gasteiger partial charge on any atom is 0.272 e. The van der Waals surface area contributed by atoms with Gasteiger partial charge in [0.1, 0.15) is 10.5 Å². The molecule has 8 heteroatoms. The Morgan fingerprint density at radius 2 is 2.17 bits per heavy atom. The molecule has 4 aromatic rings. The zero-order valence-corrected chi connectivity index (χ0v) is 15.0. The lowest BCUT2D eigenvalue weighted by atomic mass is 10.3. The Labute approximate surface area is 149 Å². The van der Waals surface area contributed by atoms with Crippen LogP contribution in [0.1, 0.15) is 10.5 Å². The highest BCUT2D eigenvalue weighted by Gasteiger charge is 2.14. The van der Waals surface area contributed by atoms with E-state index in [0.717, 1.165) is 14.7 Å². The predicted molar refractivity (Wildman–Crippen MR) is 97.8 cm³/mol. The summed E-state index contributed by atoms with van der Waals surface area (Å²) < 4.78 is 4.43. The van der Waals surface area contributed by atoms with Gasteiger partial charge in [0, 0.05) is 18.6 Å². The highest BCUT2D eigenvalue weighted by molar-refractivity contribution is 9.10. The smallest absolute Gasteiger partial charge is 0.272 e. The van der Waals surface area contributed by atoms with Gasteiger partial charge >= 0.3 is 0 Å². The van der Waals surface area contributed by atoms with Gasteiger partial charge in [-0.3, -0.25) is 4.79 Å². The van der Waals surface area contributed by atoms with Gasteiger partial charge in [0.25, 0.3) is 5.91 Å². The van der Waals surface area contributed by atoms with E-state index in [1.807, 2.05) is 35.3 Å². The number of carbonyl (C=O) groups excluding carboxylic acids is 1. The summed E-state index contributed by atoms with van der Waals surface area (Å²) in [7, 11) is 1.89. The molecule has 4 heterocycles. The maximum absolute atomic E-state index is 12.5. The standard InChI is InChI=1S/C16H12BrN5OS/c1-21-13(6-10-4-5-24-16(10)21)15(23)20-12-2-3-14(18-8-12)22-9-11(17)7-19-22/h2-9H,1H3,(H,20,23). The summed E-state index contributed by atoms with van der Waals surface area (Å²) >= 11 is 4.97. The van der Waals surface area contributed by atoms with E-state index >= 15 is 0 Å². The maximum atomic E-state index is 12.5. The Balaban J connectivity index is 1.55. The van der Waals surface area contributed by atoms with E-state index in [1.165, 1.54) is 0 Å². The number of thiophene rings is 1. The third-order valence-corrected chi connectivity index (χ3v) is 5.07. The van der Waals surface area contributed by atoms with Gasteiger partial charge in [-0.1, -0.05) is 0 Å². The third kappa shape index (κ3) is 2.63. The Bertz CT molecular complexity index is 1030. The van der Waals surface area contributed by atoms with E-state index in [1.54, 1.807) is 40.5 Å². The van der Waals surface area contributed by atoms with Crippen molar-refractivity contribution in [2.75, 3.05) is 5.32 Å². The average Bonchev–Trinajstić information content (AvgIpc) is 3.26. The lowest BCUT2D eigenvalue weighted by Gasteiger charge is -2.07. The molecule has 0 aromatic carbocycles. The fraction of sp³-hybridized carbons (Fsp3) is 0.0625. The molecule has 0 aliphatic heterocycles. The highest BCUT2D eigenvalue weighted by atomic mass is 79.9. The first kappa shape index (κ1) is 15.1. The summed E-state index contributed by atoms with van der Waals surface area (Å²) in [6.07, 6.45) is 5.13. The van der Waals surface area contributed by atoms with Gasteiger partial charge in [-0.05, 0) is 45.6 Å². The minimum Gasteiger partial charge on any atom is -0.331 e. The van der Waals surface area contributed by atoms with Crippen molar-refractivity contribution in [3.63, 3.8) is 0 Å². The van der Waals surface area contributed by atoms with Crippen molar-refractivity contribution < 1.29 is 4.79 Å². The first-order chi connectivity index (χ1) is 11.6. The number of nitrogens with zero attached hydrogens (tertiary/aromatic N) is 4. The van der Waals surface area contributed by atoms with Crippen molar-refractivity contribution in [1.29, 1.82) is 0 Å². The van der Waals surface area contributed by atoms with Crippen LogP contribution in [0.25, 0.3) is 16.0 Å². The van der Waals surface area contributed by atoms with Gasteiger partial charge < -0.3 is 9.88 Å². The van der Waals surface area contributed by atoms with Crippen LogP contribution in [-0.2, 0) is 7.05 Å². The fourth-order valence-corrected chi connectivity index (χ4v) is 3.63. The molecule has 1 amide bonds. The van der Waals surface area contributed by atoms with Gasteiger partial charge in [-0.2, -0.15) is 5.10 Å². The molecule has 0 aliphatic carbocycles. The topological polar surface area (TPSA) is 64.7 Å². The molecule has 0 spiro atoms. The second-order valence-corrected chi connectivity index (χ2v) is 7.04.